The third-order valence-electron chi connectivity index (χ3n) is 4.56. The fourth-order valence-electron chi connectivity index (χ4n) is 3.41. The monoisotopic (exact) mass is 295 g/mol. The molecule has 2 aromatic carbocycles. The van der Waals surface area contributed by atoms with Crippen molar-refractivity contribution in [2.75, 3.05) is 0 Å². The molecule has 1 heterocycles. The zero-order valence-electron chi connectivity index (χ0n) is 13.2. The Kier molecular flexibility index (Phi) is 3.53. The van der Waals surface area contributed by atoms with Crippen molar-refractivity contribution in [3.63, 3.8) is 0 Å². The van der Waals surface area contributed by atoms with Crippen molar-refractivity contribution in [2.45, 2.75) is 38.8 Å². The molecule has 0 fully saturated rings. The quantitative estimate of drug-likeness (QED) is 0.832. The van der Waals surface area contributed by atoms with Gasteiger partial charge in [-0.05, 0) is 49.6 Å². The molecule has 0 spiro atoms. The van der Waals surface area contributed by atoms with Crippen LogP contribution in [0.15, 0.2) is 42.5 Å². The highest BCUT2D eigenvalue weighted by molar-refractivity contribution is 5.96. The number of hydrogen-bond donors (Lipinski definition) is 2. The van der Waals surface area contributed by atoms with Crippen molar-refractivity contribution in [1.82, 2.24) is 5.32 Å². The van der Waals surface area contributed by atoms with Gasteiger partial charge >= 0.3 is 0 Å². The minimum absolute atomic E-state index is 0.0591. The molecule has 0 saturated carbocycles. The average Bonchev–Trinajstić information content (AvgIpc) is 2.46. The van der Waals surface area contributed by atoms with E-state index in [1.807, 2.05) is 12.1 Å². The molecule has 3 nitrogen and oxygen atoms in total. The van der Waals surface area contributed by atoms with Gasteiger partial charge in [-0.15, -0.1) is 0 Å². The summed E-state index contributed by atoms with van der Waals surface area (Å²) in [6.07, 6.45) is 0. The van der Waals surface area contributed by atoms with Crippen LogP contribution in [0, 0.1) is 0 Å². The van der Waals surface area contributed by atoms with Gasteiger partial charge in [0.2, 0.25) is 0 Å². The van der Waals surface area contributed by atoms with E-state index in [1.54, 1.807) is 12.1 Å². The van der Waals surface area contributed by atoms with Crippen LogP contribution < -0.4 is 5.32 Å². The number of benzene rings is 2. The number of ketones is 1. The summed E-state index contributed by atoms with van der Waals surface area (Å²) in [5.41, 5.74) is 3.83. The van der Waals surface area contributed by atoms with Gasteiger partial charge < -0.3 is 10.4 Å². The first-order chi connectivity index (χ1) is 10.4. The topological polar surface area (TPSA) is 49.3 Å². The third kappa shape index (κ3) is 2.42. The molecule has 0 aliphatic carbocycles. The molecule has 1 atom stereocenters. The van der Waals surface area contributed by atoms with Crippen molar-refractivity contribution in [3.8, 4) is 5.75 Å². The van der Waals surface area contributed by atoms with Gasteiger partial charge in [-0.2, -0.15) is 0 Å². The molecular weight excluding hydrogens is 274 g/mol. The minimum atomic E-state index is -0.126. The molecule has 0 radical (unpaired) electrons. The van der Waals surface area contributed by atoms with E-state index in [9.17, 15) is 9.90 Å². The molecule has 0 bridgehead atoms. The van der Waals surface area contributed by atoms with Gasteiger partial charge in [0, 0.05) is 18.0 Å². The third-order valence-corrected chi connectivity index (χ3v) is 4.56. The molecular formula is C19H21NO2. The Hall–Kier alpha value is -2.13. The number of aromatic hydroxyl groups is 1. The number of fused-ring (bicyclic) bond motifs is 1. The van der Waals surface area contributed by atoms with Crippen molar-refractivity contribution in [1.29, 1.82) is 0 Å². The lowest BCUT2D eigenvalue weighted by molar-refractivity contribution is 0.101. The molecule has 114 valence electrons. The lowest BCUT2D eigenvalue weighted by Crippen LogP contribution is -2.48. The smallest absolute Gasteiger partial charge is 0.163 e. The Morgan fingerprint density at radius 3 is 2.64 bits per heavy atom. The first-order valence-corrected chi connectivity index (χ1v) is 7.57. The maximum atomic E-state index is 11.5. The van der Waals surface area contributed by atoms with E-state index >= 15 is 0 Å². The Morgan fingerprint density at radius 2 is 1.95 bits per heavy atom. The molecule has 0 amide bonds. The molecule has 3 heteroatoms. The summed E-state index contributed by atoms with van der Waals surface area (Å²) in [6.45, 7) is 6.65. The molecule has 0 unspecified atom stereocenters. The van der Waals surface area contributed by atoms with Crippen molar-refractivity contribution in [2.24, 2.45) is 0 Å². The van der Waals surface area contributed by atoms with Gasteiger partial charge in [-0.1, -0.05) is 30.3 Å². The van der Waals surface area contributed by atoms with Gasteiger partial charge in [0.25, 0.3) is 0 Å². The Morgan fingerprint density at radius 1 is 1.23 bits per heavy atom. The van der Waals surface area contributed by atoms with Crippen molar-refractivity contribution in [3.05, 3.63) is 64.7 Å². The average molecular weight is 295 g/mol. The van der Waals surface area contributed by atoms with Crippen molar-refractivity contribution < 1.29 is 9.90 Å². The van der Waals surface area contributed by atoms with Crippen LogP contribution in [0.3, 0.4) is 0 Å². The normalized spacial score (nSPS) is 19.5. The zero-order valence-corrected chi connectivity index (χ0v) is 13.2. The van der Waals surface area contributed by atoms with Crippen LogP contribution in [0.5, 0.6) is 5.75 Å². The summed E-state index contributed by atoms with van der Waals surface area (Å²) in [4.78, 5) is 11.5. The first kappa shape index (κ1) is 14.8. The van der Waals surface area contributed by atoms with Crippen molar-refractivity contribution >= 4 is 5.78 Å². The number of carbonyl (C=O) groups is 1. The first-order valence-electron chi connectivity index (χ1n) is 7.57. The van der Waals surface area contributed by atoms with Crippen LogP contribution in [-0.2, 0) is 6.54 Å². The van der Waals surface area contributed by atoms with E-state index in [0.29, 0.717) is 5.56 Å². The van der Waals surface area contributed by atoms with E-state index in [1.165, 1.54) is 18.1 Å². The lowest BCUT2D eigenvalue weighted by Gasteiger charge is -2.41. The highest BCUT2D eigenvalue weighted by Crippen LogP contribution is 2.41. The number of phenolic OH excluding ortho intramolecular Hbond substituents is 1. The molecule has 3 rings (SSSR count). The molecule has 22 heavy (non-hydrogen) atoms. The highest BCUT2D eigenvalue weighted by Gasteiger charge is 2.36. The number of hydrogen-bond acceptors (Lipinski definition) is 3. The van der Waals surface area contributed by atoms with Gasteiger partial charge in [0.15, 0.2) is 5.78 Å². The fraction of sp³-hybridized carbons (Fsp3) is 0.316. The van der Waals surface area contributed by atoms with E-state index < -0.39 is 0 Å². The van der Waals surface area contributed by atoms with Crippen LogP contribution in [0.2, 0.25) is 0 Å². The summed E-state index contributed by atoms with van der Waals surface area (Å²) < 4.78 is 0. The second kappa shape index (κ2) is 5.25. The Bertz CT molecular complexity index is 734. The summed E-state index contributed by atoms with van der Waals surface area (Å²) >= 11 is 0. The fourth-order valence-corrected chi connectivity index (χ4v) is 3.41. The van der Waals surface area contributed by atoms with Crippen LogP contribution in [0.1, 0.15) is 53.7 Å². The lowest BCUT2D eigenvalue weighted by atomic mass is 9.73. The van der Waals surface area contributed by atoms with E-state index in [4.69, 9.17) is 0 Å². The highest BCUT2D eigenvalue weighted by atomic mass is 16.3. The Balaban J connectivity index is 2.13. The predicted molar refractivity (Wildman–Crippen MR) is 87.3 cm³/mol. The van der Waals surface area contributed by atoms with Crippen LogP contribution in [-0.4, -0.2) is 16.4 Å². The molecule has 1 aliphatic rings. The zero-order chi connectivity index (χ0) is 15.9. The van der Waals surface area contributed by atoms with Crippen LogP contribution in [0.4, 0.5) is 0 Å². The number of nitrogens with one attached hydrogen (secondary N) is 1. The molecule has 1 aliphatic heterocycles. The van der Waals surface area contributed by atoms with E-state index in [-0.39, 0.29) is 23.0 Å². The number of phenols is 1. The maximum Gasteiger partial charge on any atom is 0.163 e. The van der Waals surface area contributed by atoms with Crippen LogP contribution >= 0.6 is 0 Å². The molecule has 2 aromatic rings. The van der Waals surface area contributed by atoms with E-state index in [2.05, 4.69) is 37.4 Å². The van der Waals surface area contributed by atoms with Gasteiger partial charge in [0.05, 0.1) is 5.56 Å². The number of Topliss-reactive ketones (excluding diaryl/α,β-unsaturated/α-hetero) is 1. The predicted octanol–water partition coefficient (Wildman–Crippen LogP) is 3.61. The molecule has 0 aromatic heterocycles. The molecule has 0 saturated heterocycles. The summed E-state index contributed by atoms with van der Waals surface area (Å²) in [5, 5.41) is 13.7. The minimum Gasteiger partial charge on any atom is -0.507 e. The van der Waals surface area contributed by atoms with Gasteiger partial charge in [-0.3, -0.25) is 4.79 Å². The van der Waals surface area contributed by atoms with Crippen LogP contribution in [0.25, 0.3) is 0 Å². The second-order valence-electron chi connectivity index (χ2n) is 6.54. The Labute approximate surface area is 131 Å². The summed E-state index contributed by atoms with van der Waals surface area (Å²) in [5.74, 6) is 0.0682. The molecule has 2 N–H and O–H groups in total. The van der Waals surface area contributed by atoms with Gasteiger partial charge in [-0.25, -0.2) is 0 Å². The summed E-state index contributed by atoms with van der Waals surface area (Å²) in [7, 11) is 0. The SMILES string of the molecule is CC(=O)c1ccc([C@@H]2c3ccccc3CNC2(C)C)cc1O. The standard InChI is InChI=1S/C19H21NO2/c1-12(21)15-9-8-13(10-17(15)22)18-16-7-5-4-6-14(16)11-20-19(18,2)3/h4-10,18,20,22H,11H2,1-3H3/t18-/m1/s1. The number of rotatable bonds is 2. The number of carbonyl (C=O) groups excluding carboxylic acids is 1. The maximum absolute atomic E-state index is 11.5. The van der Waals surface area contributed by atoms with Gasteiger partial charge in [0.1, 0.15) is 5.75 Å². The second-order valence-corrected chi connectivity index (χ2v) is 6.54. The van der Waals surface area contributed by atoms with E-state index in [0.717, 1.165) is 12.1 Å². The summed E-state index contributed by atoms with van der Waals surface area (Å²) in [6, 6.07) is 13.8. The largest absolute Gasteiger partial charge is 0.507 e.